The van der Waals surface area contributed by atoms with Gasteiger partial charge in [-0.25, -0.2) is 9.98 Å². The summed E-state index contributed by atoms with van der Waals surface area (Å²) in [6.45, 7) is 1.03. The van der Waals surface area contributed by atoms with E-state index in [1.807, 2.05) is 19.1 Å². The van der Waals surface area contributed by atoms with Gasteiger partial charge in [-0.05, 0) is 25.0 Å². The molecule has 2 heterocycles. The normalized spacial score (nSPS) is 13.8. The predicted molar refractivity (Wildman–Crippen MR) is 101 cm³/mol. The molecule has 0 unspecified atom stereocenters. The van der Waals surface area contributed by atoms with Gasteiger partial charge in [0, 0.05) is 31.2 Å². The van der Waals surface area contributed by atoms with Crippen LogP contribution in [0.2, 0.25) is 0 Å². The molecule has 24 heavy (non-hydrogen) atoms. The number of hydrogen-bond acceptors (Lipinski definition) is 2. The van der Waals surface area contributed by atoms with Crippen LogP contribution in [0.15, 0.2) is 41.7 Å². The number of anilines is 1. The highest BCUT2D eigenvalue weighted by atomic mass is 127. The molecule has 130 valence electrons. The molecule has 0 saturated heterocycles. The predicted octanol–water partition coefficient (Wildman–Crippen LogP) is 3.42. The van der Waals surface area contributed by atoms with Gasteiger partial charge in [0.05, 0.1) is 0 Å². The van der Waals surface area contributed by atoms with E-state index in [1.165, 1.54) is 18.0 Å². The highest BCUT2D eigenvalue weighted by molar-refractivity contribution is 14.0. The maximum absolute atomic E-state index is 12.9. The molecule has 0 saturated carbocycles. The fraction of sp³-hybridized carbons (Fsp3) is 0.375. The number of nitrogens with one attached hydrogen (secondary N) is 1. The average molecular weight is 447 g/mol. The van der Waals surface area contributed by atoms with Gasteiger partial charge < -0.3 is 10.2 Å². The Bertz CT molecular complexity index is 701. The minimum Gasteiger partial charge on any atom is -0.356 e. The molecule has 3 rings (SSSR count). The Labute approximate surface area is 156 Å². The first kappa shape index (κ1) is 18.6. The van der Waals surface area contributed by atoms with E-state index in [4.69, 9.17) is 0 Å². The first-order valence-corrected chi connectivity index (χ1v) is 7.64. The van der Waals surface area contributed by atoms with Crippen molar-refractivity contribution in [2.75, 3.05) is 18.0 Å². The van der Waals surface area contributed by atoms with Crippen LogP contribution in [0.5, 0.6) is 0 Å². The molecule has 1 aliphatic rings. The smallest absolute Gasteiger partial charge is 0.319 e. The van der Waals surface area contributed by atoms with E-state index < -0.39 is 6.55 Å². The summed E-state index contributed by atoms with van der Waals surface area (Å²) in [7, 11) is 0. The molecule has 0 radical (unpaired) electrons. The molecule has 1 N–H and O–H groups in total. The van der Waals surface area contributed by atoms with E-state index in [9.17, 15) is 8.78 Å². The summed E-state index contributed by atoms with van der Waals surface area (Å²) in [5, 5.41) is 3.23. The molecule has 0 fully saturated rings. The Balaban J connectivity index is 0.00000208. The summed E-state index contributed by atoms with van der Waals surface area (Å²) >= 11 is 0. The van der Waals surface area contributed by atoms with Crippen LogP contribution in [0.4, 0.5) is 14.5 Å². The standard InChI is InChI=1S/C16H19F2N5.HI/c1-2-19-16(21-11-14-20-8-10-23(14)15(17)18)22-9-7-12-5-3-4-6-13(12)22;/h3-6,8,10,15H,2,7,9,11H2,1H3,(H,19,21);1H. The zero-order valence-electron chi connectivity index (χ0n) is 13.3. The van der Waals surface area contributed by atoms with E-state index in [2.05, 4.69) is 32.3 Å². The second kappa shape index (κ2) is 8.41. The van der Waals surface area contributed by atoms with Crippen LogP contribution in [0.1, 0.15) is 24.9 Å². The average Bonchev–Trinajstić information content (AvgIpc) is 3.18. The second-order valence-corrected chi connectivity index (χ2v) is 5.23. The lowest BCUT2D eigenvalue weighted by Crippen LogP contribution is -2.40. The van der Waals surface area contributed by atoms with Crippen LogP contribution in [0, 0.1) is 0 Å². The van der Waals surface area contributed by atoms with Crippen LogP contribution >= 0.6 is 24.0 Å². The van der Waals surface area contributed by atoms with Crippen molar-refractivity contribution < 1.29 is 8.78 Å². The number of aromatic nitrogens is 2. The quantitative estimate of drug-likeness (QED) is 0.444. The molecule has 0 bridgehead atoms. The number of fused-ring (bicyclic) bond motifs is 1. The number of aliphatic imine (C=N–C) groups is 1. The Kier molecular flexibility index (Phi) is 6.52. The van der Waals surface area contributed by atoms with Crippen LogP contribution in [-0.2, 0) is 13.0 Å². The van der Waals surface area contributed by atoms with Crippen molar-refractivity contribution >= 4 is 35.6 Å². The van der Waals surface area contributed by atoms with Gasteiger partial charge in [0.1, 0.15) is 12.4 Å². The summed E-state index contributed by atoms with van der Waals surface area (Å²) < 4.78 is 26.6. The van der Waals surface area contributed by atoms with Crippen LogP contribution in [-0.4, -0.2) is 28.6 Å². The van der Waals surface area contributed by atoms with Gasteiger partial charge in [0.15, 0.2) is 5.96 Å². The summed E-state index contributed by atoms with van der Waals surface area (Å²) in [6, 6.07) is 8.16. The Morgan fingerprint density at radius 1 is 1.38 bits per heavy atom. The number of para-hydroxylation sites is 1. The van der Waals surface area contributed by atoms with Gasteiger partial charge in [-0.2, -0.15) is 8.78 Å². The maximum Gasteiger partial charge on any atom is 0.319 e. The van der Waals surface area contributed by atoms with Crippen LogP contribution < -0.4 is 10.2 Å². The number of imidazole rings is 1. The highest BCUT2D eigenvalue weighted by Crippen LogP contribution is 2.27. The molecule has 0 aliphatic carbocycles. The van der Waals surface area contributed by atoms with Gasteiger partial charge in [-0.1, -0.05) is 18.2 Å². The Morgan fingerprint density at radius 3 is 2.92 bits per heavy atom. The van der Waals surface area contributed by atoms with Crippen molar-refractivity contribution in [1.29, 1.82) is 0 Å². The van der Waals surface area contributed by atoms with Crippen molar-refractivity contribution in [3.8, 4) is 0 Å². The molecule has 0 spiro atoms. The largest absolute Gasteiger partial charge is 0.356 e. The van der Waals surface area contributed by atoms with E-state index in [0.717, 1.165) is 23.2 Å². The van der Waals surface area contributed by atoms with Gasteiger partial charge in [-0.3, -0.25) is 4.57 Å². The highest BCUT2D eigenvalue weighted by Gasteiger charge is 2.22. The number of benzene rings is 1. The lowest BCUT2D eigenvalue weighted by atomic mass is 10.2. The number of alkyl halides is 2. The molecule has 5 nitrogen and oxygen atoms in total. The summed E-state index contributed by atoms with van der Waals surface area (Å²) in [5.41, 5.74) is 2.39. The van der Waals surface area contributed by atoms with E-state index >= 15 is 0 Å². The molecular formula is C16H20F2IN5. The monoisotopic (exact) mass is 447 g/mol. The van der Waals surface area contributed by atoms with Crippen molar-refractivity contribution in [1.82, 2.24) is 14.9 Å². The molecule has 1 aliphatic heterocycles. The third-order valence-electron chi connectivity index (χ3n) is 3.81. The fourth-order valence-electron chi connectivity index (χ4n) is 2.74. The zero-order valence-corrected chi connectivity index (χ0v) is 15.7. The number of hydrogen-bond donors (Lipinski definition) is 1. The minimum atomic E-state index is -2.60. The van der Waals surface area contributed by atoms with Gasteiger partial charge >= 0.3 is 6.55 Å². The lowest BCUT2D eigenvalue weighted by Gasteiger charge is -2.22. The van der Waals surface area contributed by atoms with Crippen LogP contribution in [0.25, 0.3) is 0 Å². The summed E-state index contributed by atoms with van der Waals surface area (Å²) in [5.74, 6) is 0.948. The zero-order chi connectivity index (χ0) is 16.2. The molecule has 1 aromatic heterocycles. The number of halogens is 3. The molecule has 1 aromatic carbocycles. The van der Waals surface area contributed by atoms with Gasteiger partial charge in [0.2, 0.25) is 0 Å². The Morgan fingerprint density at radius 2 is 2.17 bits per heavy atom. The maximum atomic E-state index is 12.9. The Hall–Kier alpha value is -1.71. The molecule has 8 heteroatoms. The number of guanidine groups is 1. The molecule has 0 atom stereocenters. The second-order valence-electron chi connectivity index (χ2n) is 5.23. The third kappa shape index (κ3) is 3.85. The first-order chi connectivity index (χ1) is 11.2. The first-order valence-electron chi connectivity index (χ1n) is 7.64. The van der Waals surface area contributed by atoms with Crippen molar-refractivity contribution in [3.63, 3.8) is 0 Å². The van der Waals surface area contributed by atoms with Gasteiger partial charge in [-0.15, -0.1) is 24.0 Å². The molecular weight excluding hydrogens is 427 g/mol. The van der Waals surface area contributed by atoms with Crippen molar-refractivity contribution in [2.24, 2.45) is 4.99 Å². The van der Waals surface area contributed by atoms with Gasteiger partial charge in [0.25, 0.3) is 0 Å². The summed E-state index contributed by atoms with van der Waals surface area (Å²) in [6.07, 6.45) is 3.59. The van der Waals surface area contributed by atoms with Crippen molar-refractivity contribution in [3.05, 3.63) is 48.0 Å². The number of rotatable bonds is 4. The lowest BCUT2D eigenvalue weighted by molar-refractivity contribution is 0.0671. The van der Waals surface area contributed by atoms with Crippen LogP contribution in [0.3, 0.4) is 0 Å². The topological polar surface area (TPSA) is 45.5 Å². The van der Waals surface area contributed by atoms with E-state index in [0.29, 0.717) is 12.5 Å². The van der Waals surface area contributed by atoms with E-state index in [1.54, 1.807) is 0 Å². The fourth-order valence-corrected chi connectivity index (χ4v) is 2.74. The molecule has 0 amide bonds. The minimum absolute atomic E-state index is 0. The van der Waals surface area contributed by atoms with E-state index in [-0.39, 0.29) is 36.3 Å². The third-order valence-corrected chi connectivity index (χ3v) is 3.81. The molecule has 2 aromatic rings. The van der Waals surface area contributed by atoms with Crippen molar-refractivity contribution in [2.45, 2.75) is 26.4 Å². The summed E-state index contributed by atoms with van der Waals surface area (Å²) in [4.78, 5) is 10.6. The SMILES string of the molecule is CCNC(=NCc1nccn1C(F)F)N1CCc2ccccc21.I. The number of nitrogens with zero attached hydrogens (tertiary/aromatic N) is 4.